The number of amidine groups is 1. The number of rotatable bonds is 13. The van der Waals surface area contributed by atoms with Gasteiger partial charge < -0.3 is 31.2 Å². The molecule has 0 saturated carbocycles. The molecule has 2 aromatic carbocycles. The second-order valence-electron chi connectivity index (χ2n) is 8.65. The average molecular weight is 572 g/mol. The van der Waals surface area contributed by atoms with E-state index in [4.69, 9.17) is 34.3 Å². The lowest BCUT2D eigenvalue weighted by molar-refractivity contribution is 0.0945. The van der Waals surface area contributed by atoms with E-state index in [-0.39, 0.29) is 36.5 Å². The highest BCUT2D eigenvalue weighted by atomic mass is 35.5. The van der Waals surface area contributed by atoms with Crippen molar-refractivity contribution in [3.63, 3.8) is 0 Å². The molecular weight excluding hydrogens is 541 g/mol. The fourth-order valence-electron chi connectivity index (χ4n) is 3.77. The topological polar surface area (TPSA) is 145 Å². The Morgan fingerprint density at radius 1 is 0.872 bits per heavy atom. The van der Waals surface area contributed by atoms with Crippen LogP contribution in [-0.4, -0.2) is 59.5 Å². The Hall–Kier alpha value is -4.02. The number of amides is 3. The van der Waals surface area contributed by atoms with Gasteiger partial charge in [-0.1, -0.05) is 0 Å². The van der Waals surface area contributed by atoms with Crippen LogP contribution in [0, 0.1) is 5.41 Å². The molecule has 0 aliphatic heterocycles. The third-order valence-corrected chi connectivity index (χ3v) is 6.12. The molecule has 0 fully saturated rings. The molecule has 0 saturated heterocycles. The minimum atomic E-state index is -0.365. The molecule has 0 spiro atoms. The molecule has 0 bridgehead atoms. The van der Waals surface area contributed by atoms with Gasteiger partial charge in [0.1, 0.15) is 5.69 Å². The van der Waals surface area contributed by atoms with Gasteiger partial charge in [0.15, 0.2) is 0 Å². The first kappa shape index (κ1) is 29.5. The number of aromatic nitrogens is 1. The van der Waals surface area contributed by atoms with Crippen molar-refractivity contribution in [1.82, 2.24) is 9.88 Å². The SMILES string of the molecule is Cn1cc(NC(=O)c2ccc(NC(=O)c3ccc(N(CCCl)CCCl)cc3)cc2)cc1C(=O)NCCC(=N)N. The van der Waals surface area contributed by atoms with Crippen molar-refractivity contribution in [2.24, 2.45) is 12.8 Å². The van der Waals surface area contributed by atoms with Crippen LogP contribution in [0.4, 0.5) is 17.1 Å². The quantitative estimate of drug-likeness (QED) is 0.120. The van der Waals surface area contributed by atoms with Crippen LogP contribution in [0.5, 0.6) is 0 Å². The third-order valence-electron chi connectivity index (χ3n) is 5.78. The van der Waals surface area contributed by atoms with E-state index in [9.17, 15) is 14.4 Å². The molecule has 39 heavy (non-hydrogen) atoms. The summed E-state index contributed by atoms with van der Waals surface area (Å²) in [6.07, 6.45) is 1.88. The molecule has 10 nitrogen and oxygen atoms in total. The molecule has 0 aliphatic carbocycles. The smallest absolute Gasteiger partial charge is 0.267 e. The van der Waals surface area contributed by atoms with E-state index in [0.29, 0.717) is 53.0 Å². The van der Waals surface area contributed by atoms with Gasteiger partial charge in [-0.15, -0.1) is 23.2 Å². The summed E-state index contributed by atoms with van der Waals surface area (Å²) in [5.74, 6) is -0.0471. The summed E-state index contributed by atoms with van der Waals surface area (Å²) in [5.41, 5.74) is 8.45. The summed E-state index contributed by atoms with van der Waals surface area (Å²) in [4.78, 5) is 39.8. The van der Waals surface area contributed by atoms with E-state index < -0.39 is 0 Å². The number of nitrogens with one attached hydrogen (secondary N) is 4. The van der Waals surface area contributed by atoms with Crippen LogP contribution in [0.25, 0.3) is 0 Å². The summed E-state index contributed by atoms with van der Waals surface area (Å²) in [7, 11) is 1.69. The Labute approximate surface area is 237 Å². The summed E-state index contributed by atoms with van der Waals surface area (Å²) in [5, 5.41) is 15.5. The third kappa shape index (κ3) is 8.49. The predicted octanol–water partition coefficient (Wildman–Crippen LogP) is 3.87. The Morgan fingerprint density at radius 2 is 1.41 bits per heavy atom. The maximum atomic E-state index is 12.7. The molecule has 3 rings (SSSR count). The number of anilines is 3. The van der Waals surface area contributed by atoms with Crippen LogP contribution in [-0.2, 0) is 7.05 Å². The highest BCUT2D eigenvalue weighted by Crippen LogP contribution is 2.18. The number of hydrogen-bond acceptors (Lipinski definition) is 5. The van der Waals surface area contributed by atoms with Gasteiger partial charge in [0.2, 0.25) is 0 Å². The summed E-state index contributed by atoms with van der Waals surface area (Å²) >= 11 is 11.7. The minimum absolute atomic E-state index is 0.0110. The van der Waals surface area contributed by atoms with E-state index in [1.165, 1.54) is 0 Å². The molecular formula is C27H31Cl2N7O3. The second kappa shape index (κ2) is 14.2. The van der Waals surface area contributed by atoms with Crippen LogP contribution in [0.3, 0.4) is 0 Å². The van der Waals surface area contributed by atoms with Gasteiger partial charge in [-0.2, -0.15) is 0 Å². The number of alkyl halides is 2. The normalized spacial score (nSPS) is 10.5. The van der Waals surface area contributed by atoms with Crippen molar-refractivity contribution in [1.29, 1.82) is 5.41 Å². The number of hydrogen-bond donors (Lipinski definition) is 5. The largest absolute Gasteiger partial charge is 0.388 e. The van der Waals surface area contributed by atoms with Crippen molar-refractivity contribution in [2.75, 3.05) is 46.9 Å². The lowest BCUT2D eigenvalue weighted by atomic mass is 10.1. The maximum absolute atomic E-state index is 12.7. The number of carbonyl (C=O) groups is 3. The Bertz CT molecular complexity index is 1300. The summed E-state index contributed by atoms with van der Waals surface area (Å²) in [6.45, 7) is 1.56. The van der Waals surface area contributed by atoms with E-state index in [1.807, 2.05) is 17.0 Å². The van der Waals surface area contributed by atoms with E-state index in [2.05, 4.69) is 16.0 Å². The van der Waals surface area contributed by atoms with Crippen LogP contribution in [0.1, 0.15) is 37.6 Å². The van der Waals surface area contributed by atoms with Crippen molar-refractivity contribution in [3.05, 3.63) is 77.6 Å². The summed E-state index contributed by atoms with van der Waals surface area (Å²) in [6, 6.07) is 15.2. The van der Waals surface area contributed by atoms with Gasteiger partial charge in [0.05, 0.1) is 11.5 Å². The Morgan fingerprint density at radius 3 is 1.95 bits per heavy atom. The first-order chi connectivity index (χ1) is 18.7. The molecule has 0 atom stereocenters. The van der Waals surface area contributed by atoms with Crippen molar-refractivity contribution < 1.29 is 14.4 Å². The number of halogens is 2. The Kier molecular flexibility index (Phi) is 10.8. The van der Waals surface area contributed by atoms with Crippen LogP contribution in [0.15, 0.2) is 60.8 Å². The van der Waals surface area contributed by atoms with E-state index in [0.717, 1.165) is 5.69 Å². The molecule has 6 N–H and O–H groups in total. The standard InChI is InChI=1S/C27H31Cl2N7O3/c1-35-17-21(16-23(35)27(39)32-13-10-24(30)31)34-26(38)18-2-6-20(7-3-18)33-25(37)19-4-8-22(9-5-19)36(14-11-28)15-12-29/h2-9,16-17H,10-15H2,1H3,(H3,30,31)(H,32,39)(H,33,37)(H,34,38). The first-order valence-corrected chi connectivity index (χ1v) is 13.3. The molecule has 3 aromatic rings. The van der Waals surface area contributed by atoms with Gasteiger partial charge in [-0.25, -0.2) is 0 Å². The number of aryl methyl sites for hydroxylation is 1. The zero-order valence-corrected chi connectivity index (χ0v) is 23.0. The van der Waals surface area contributed by atoms with Crippen LogP contribution >= 0.6 is 23.2 Å². The lowest BCUT2D eigenvalue weighted by Gasteiger charge is -2.22. The predicted molar refractivity (Wildman–Crippen MR) is 157 cm³/mol. The molecule has 3 amide bonds. The number of carbonyl (C=O) groups excluding carboxylic acids is 3. The van der Waals surface area contributed by atoms with Crippen LogP contribution in [0.2, 0.25) is 0 Å². The summed E-state index contributed by atoms with van der Waals surface area (Å²) < 4.78 is 1.59. The van der Waals surface area contributed by atoms with E-state index in [1.54, 1.807) is 60.3 Å². The van der Waals surface area contributed by atoms with Crippen molar-refractivity contribution in [3.8, 4) is 0 Å². The van der Waals surface area contributed by atoms with Crippen molar-refractivity contribution in [2.45, 2.75) is 6.42 Å². The van der Waals surface area contributed by atoms with E-state index >= 15 is 0 Å². The molecule has 0 radical (unpaired) electrons. The molecule has 206 valence electrons. The maximum Gasteiger partial charge on any atom is 0.267 e. The van der Waals surface area contributed by atoms with Gasteiger partial charge in [-0.3, -0.25) is 19.8 Å². The Balaban J connectivity index is 1.57. The zero-order valence-electron chi connectivity index (χ0n) is 21.5. The van der Waals surface area contributed by atoms with Gasteiger partial charge in [-0.05, 0) is 54.6 Å². The fraction of sp³-hybridized carbons (Fsp3) is 0.259. The first-order valence-electron chi connectivity index (χ1n) is 12.2. The number of nitrogens with zero attached hydrogens (tertiary/aromatic N) is 2. The highest BCUT2D eigenvalue weighted by molar-refractivity contribution is 6.18. The molecule has 1 heterocycles. The highest BCUT2D eigenvalue weighted by Gasteiger charge is 2.15. The molecule has 1 aromatic heterocycles. The molecule has 0 aliphatic rings. The monoisotopic (exact) mass is 571 g/mol. The van der Waals surface area contributed by atoms with Crippen molar-refractivity contribution >= 4 is 63.8 Å². The second-order valence-corrected chi connectivity index (χ2v) is 9.41. The molecule has 0 unspecified atom stereocenters. The fourth-order valence-corrected chi connectivity index (χ4v) is 4.18. The number of benzene rings is 2. The van der Waals surface area contributed by atoms with Gasteiger partial charge >= 0.3 is 0 Å². The average Bonchev–Trinajstić information content (AvgIpc) is 3.28. The van der Waals surface area contributed by atoms with Gasteiger partial charge in [0.25, 0.3) is 17.7 Å². The minimum Gasteiger partial charge on any atom is -0.388 e. The van der Waals surface area contributed by atoms with Gasteiger partial charge in [0, 0.05) is 73.6 Å². The zero-order chi connectivity index (χ0) is 28.4. The lowest BCUT2D eigenvalue weighted by Crippen LogP contribution is -2.28. The number of nitrogens with two attached hydrogens (primary N) is 1. The molecule has 12 heteroatoms. The van der Waals surface area contributed by atoms with Crippen LogP contribution < -0.4 is 26.6 Å².